The maximum absolute atomic E-state index is 14.9. The van der Waals surface area contributed by atoms with Crippen molar-refractivity contribution in [2.45, 2.75) is 50.7 Å². The Kier molecular flexibility index (Phi) is 4.77. The minimum Gasteiger partial charge on any atom is -0.363 e. The lowest BCUT2D eigenvalue weighted by atomic mass is 10.0. The molecule has 3 N–H and O–H groups in total. The number of anilines is 2. The van der Waals surface area contributed by atoms with Gasteiger partial charge in [0.25, 0.3) is 0 Å². The summed E-state index contributed by atoms with van der Waals surface area (Å²) < 4.78 is 29.6. The third-order valence-electron chi connectivity index (χ3n) is 6.29. The zero-order valence-corrected chi connectivity index (χ0v) is 16.4. The third-order valence-corrected chi connectivity index (χ3v) is 6.29. The molecule has 30 heavy (non-hydrogen) atoms. The lowest BCUT2D eigenvalue weighted by Crippen LogP contribution is -2.40. The summed E-state index contributed by atoms with van der Waals surface area (Å²) in [6.45, 7) is -0.108. The van der Waals surface area contributed by atoms with Crippen LogP contribution < -0.4 is 15.5 Å². The summed E-state index contributed by atoms with van der Waals surface area (Å²) in [7, 11) is 0. The number of nitrogens with zero attached hydrogens (tertiary/aromatic N) is 2. The number of carbonyl (C=O) groups excluding carboxylic acids is 1. The molecule has 3 aromatic rings. The lowest BCUT2D eigenvalue weighted by molar-refractivity contribution is 0.251. The Labute approximate surface area is 172 Å². The van der Waals surface area contributed by atoms with E-state index in [4.69, 9.17) is 0 Å². The number of piperidine rings is 1. The van der Waals surface area contributed by atoms with Crippen molar-refractivity contribution in [2.75, 3.05) is 10.2 Å². The Bertz CT molecular complexity index is 1080. The standard InChI is InChI=1S/C22H23F2N5O/c23-20-13(7-10-19(21(20)24)29-14-3-1-4-15(29)9-8-14)11-25-22(30)27-17-5-2-6-18-16(17)12-26-28-18/h2,5-7,10,12,14-15H,1,3-4,8-9,11H2,(H,26,28)(H2,25,27,30)/t14-,15+. The smallest absolute Gasteiger partial charge is 0.319 e. The van der Waals surface area contributed by atoms with Gasteiger partial charge in [-0.1, -0.05) is 12.1 Å². The molecule has 8 heteroatoms. The highest BCUT2D eigenvalue weighted by Crippen LogP contribution is 2.40. The summed E-state index contributed by atoms with van der Waals surface area (Å²) in [6, 6.07) is 8.71. The molecule has 6 nitrogen and oxygen atoms in total. The maximum atomic E-state index is 14.9. The number of rotatable bonds is 4. The normalized spacial score (nSPS) is 20.5. The van der Waals surface area contributed by atoms with Gasteiger partial charge in [0.05, 0.1) is 23.1 Å². The number of amides is 2. The van der Waals surface area contributed by atoms with Crippen LogP contribution in [-0.4, -0.2) is 28.3 Å². The average Bonchev–Trinajstić information content (AvgIpc) is 3.31. The molecule has 0 unspecified atom stereocenters. The second-order valence-corrected chi connectivity index (χ2v) is 8.04. The molecule has 0 radical (unpaired) electrons. The molecule has 0 aliphatic carbocycles. The highest BCUT2D eigenvalue weighted by Gasteiger charge is 2.38. The van der Waals surface area contributed by atoms with E-state index in [2.05, 4.69) is 25.7 Å². The van der Waals surface area contributed by atoms with E-state index in [0.717, 1.165) is 43.0 Å². The zero-order valence-electron chi connectivity index (χ0n) is 16.4. The van der Waals surface area contributed by atoms with Crippen LogP contribution in [0.4, 0.5) is 25.0 Å². The summed E-state index contributed by atoms with van der Waals surface area (Å²) in [6.07, 6.45) is 6.91. The second kappa shape index (κ2) is 7.59. The molecule has 2 atom stereocenters. The van der Waals surface area contributed by atoms with Crippen LogP contribution in [0.25, 0.3) is 10.9 Å². The molecule has 2 aliphatic rings. The van der Waals surface area contributed by atoms with Crippen molar-refractivity contribution in [2.24, 2.45) is 0 Å². The Morgan fingerprint density at radius 3 is 2.70 bits per heavy atom. The first-order valence-electron chi connectivity index (χ1n) is 10.3. The van der Waals surface area contributed by atoms with Gasteiger partial charge in [0.15, 0.2) is 11.6 Å². The quantitative estimate of drug-likeness (QED) is 0.583. The predicted molar refractivity (Wildman–Crippen MR) is 111 cm³/mol. The van der Waals surface area contributed by atoms with Crippen LogP contribution in [0.5, 0.6) is 0 Å². The molecule has 0 saturated carbocycles. The number of carbonyl (C=O) groups is 1. The van der Waals surface area contributed by atoms with E-state index in [0.29, 0.717) is 23.5 Å². The lowest BCUT2D eigenvalue weighted by Gasteiger charge is -2.37. The van der Waals surface area contributed by atoms with Gasteiger partial charge in [0, 0.05) is 29.6 Å². The molecule has 2 aromatic carbocycles. The van der Waals surface area contributed by atoms with Crippen molar-refractivity contribution in [3.8, 4) is 0 Å². The molecule has 2 aliphatic heterocycles. The first-order valence-corrected chi connectivity index (χ1v) is 10.3. The van der Waals surface area contributed by atoms with Gasteiger partial charge in [0.1, 0.15) is 0 Å². The number of benzene rings is 2. The fraction of sp³-hybridized carbons (Fsp3) is 0.364. The molecule has 0 spiro atoms. The van der Waals surface area contributed by atoms with Crippen molar-refractivity contribution >= 4 is 28.3 Å². The van der Waals surface area contributed by atoms with E-state index < -0.39 is 17.7 Å². The van der Waals surface area contributed by atoms with Crippen LogP contribution in [-0.2, 0) is 6.54 Å². The number of urea groups is 1. The molecular formula is C22H23F2N5O. The summed E-state index contributed by atoms with van der Waals surface area (Å²) >= 11 is 0. The molecule has 1 aromatic heterocycles. The van der Waals surface area contributed by atoms with Crippen LogP contribution in [0.2, 0.25) is 0 Å². The largest absolute Gasteiger partial charge is 0.363 e. The van der Waals surface area contributed by atoms with E-state index in [9.17, 15) is 13.6 Å². The maximum Gasteiger partial charge on any atom is 0.319 e. The fourth-order valence-electron chi connectivity index (χ4n) is 4.84. The molecule has 2 fully saturated rings. The minimum atomic E-state index is -0.894. The van der Waals surface area contributed by atoms with Gasteiger partial charge < -0.3 is 15.5 Å². The molecule has 2 bridgehead atoms. The minimum absolute atomic E-state index is 0.108. The Morgan fingerprint density at radius 1 is 1.10 bits per heavy atom. The van der Waals surface area contributed by atoms with Crippen LogP contribution in [0, 0.1) is 11.6 Å². The number of halogens is 2. The number of hydrogen-bond acceptors (Lipinski definition) is 3. The van der Waals surface area contributed by atoms with Crippen molar-refractivity contribution < 1.29 is 13.6 Å². The molecule has 3 heterocycles. The number of nitrogens with one attached hydrogen (secondary N) is 3. The van der Waals surface area contributed by atoms with Crippen LogP contribution in [0.3, 0.4) is 0 Å². The summed E-state index contributed by atoms with van der Waals surface area (Å²) in [5.74, 6) is -1.72. The van der Waals surface area contributed by atoms with Crippen molar-refractivity contribution in [3.63, 3.8) is 0 Å². The summed E-state index contributed by atoms with van der Waals surface area (Å²) in [4.78, 5) is 14.3. The van der Waals surface area contributed by atoms with Crippen LogP contribution >= 0.6 is 0 Å². The number of H-pyrrole nitrogens is 1. The summed E-state index contributed by atoms with van der Waals surface area (Å²) in [5, 5.41) is 12.9. The molecule has 2 amide bonds. The van der Waals surface area contributed by atoms with E-state index in [-0.39, 0.29) is 12.1 Å². The zero-order chi connectivity index (χ0) is 20.7. The van der Waals surface area contributed by atoms with Gasteiger partial charge >= 0.3 is 6.03 Å². The topological polar surface area (TPSA) is 73.1 Å². The van der Waals surface area contributed by atoms with E-state index >= 15 is 0 Å². The Balaban J connectivity index is 1.28. The van der Waals surface area contributed by atoms with E-state index in [1.54, 1.807) is 30.5 Å². The van der Waals surface area contributed by atoms with Crippen molar-refractivity contribution in [1.29, 1.82) is 0 Å². The molecular weight excluding hydrogens is 388 g/mol. The monoisotopic (exact) mass is 411 g/mol. The summed E-state index contributed by atoms with van der Waals surface area (Å²) in [5.41, 5.74) is 1.85. The van der Waals surface area contributed by atoms with Gasteiger partial charge in [-0.2, -0.15) is 5.10 Å². The van der Waals surface area contributed by atoms with E-state index in [1.807, 2.05) is 6.07 Å². The van der Waals surface area contributed by atoms with Gasteiger partial charge in [-0.25, -0.2) is 13.6 Å². The number of aromatic nitrogens is 2. The van der Waals surface area contributed by atoms with Crippen molar-refractivity contribution in [3.05, 3.63) is 53.7 Å². The first kappa shape index (κ1) is 18.8. The predicted octanol–water partition coefficient (Wildman–Crippen LogP) is 4.68. The number of hydrogen-bond donors (Lipinski definition) is 3. The number of aromatic amines is 1. The highest BCUT2D eigenvalue weighted by atomic mass is 19.2. The Hall–Kier alpha value is -3.16. The van der Waals surface area contributed by atoms with Gasteiger partial charge in [-0.05, 0) is 50.3 Å². The highest BCUT2D eigenvalue weighted by molar-refractivity contribution is 6.00. The molecule has 5 rings (SSSR count). The van der Waals surface area contributed by atoms with Crippen molar-refractivity contribution in [1.82, 2.24) is 15.5 Å². The third kappa shape index (κ3) is 3.26. The van der Waals surface area contributed by atoms with E-state index in [1.165, 1.54) is 0 Å². The second-order valence-electron chi connectivity index (χ2n) is 8.04. The Morgan fingerprint density at radius 2 is 1.90 bits per heavy atom. The SMILES string of the molecule is O=C(NCc1ccc(N2[C@@H]3CCC[C@H]2CC3)c(F)c1F)Nc1cccc2[nH]ncc12. The molecule has 156 valence electrons. The van der Waals surface area contributed by atoms with Gasteiger partial charge in [0.2, 0.25) is 0 Å². The van der Waals surface area contributed by atoms with Gasteiger partial charge in [-0.15, -0.1) is 0 Å². The first-order chi connectivity index (χ1) is 14.6. The van der Waals surface area contributed by atoms with Gasteiger partial charge in [-0.3, -0.25) is 5.10 Å². The van der Waals surface area contributed by atoms with Crippen LogP contribution in [0.15, 0.2) is 36.5 Å². The van der Waals surface area contributed by atoms with Crippen LogP contribution in [0.1, 0.15) is 37.7 Å². The molecule has 2 saturated heterocycles. The average molecular weight is 411 g/mol. The number of fused-ring (bicyclic) bond motifs is 3. The fourth-order valence-corrected chi connectivity index (χ4v) is 4.84.